The lowest BCUT2D eigenvalue weighted by molar-refractivity contribution is 0.158. The van der Waals surface area contributed by atoms with Crippen LogP contribution in [0.25, 0.3) is 0 Å². The SMILES string of the molecule is CCNC(CCCOC)C1COc2ccccc2C1. The Morgan fingerprint density at radius 2 is 2.26 bits per heavy atom. The molecule has 1 aromatic carbocycles. The lowest BCUT2D eigenvalue weighted by Gasteiger charge is -2.32. The molecule has 0 bridgehead atoms. The van der Waals surface area contributed by atoms with E-state index in [4.69, 9.17) is 9.47 Å². The minimum absolute atomic E-state index is 0.522. The number of ether oxygens (including phenoxy) is 2. The van der Waals surface area contributed by atoms with E-state index >= 15 is 0 Å². The highest BCUT2D eigenvalue weighted by molar-refractivity contribution is 5.35. The van der Waals surface area contributed by atoms with Gasteiger partial charge in [-0.25, -0.2) is 0 Å². The van der Waals surface area contributed by atoms with E-state index in [0.717, 1.165) is 44.8 Å². The fourth-order valence-electron chi connectivity index (χ4n) is 2.82. The van der Waals surface area contributed by atoms with E-state index in [1.807, 2.05) is 6.07 Å². The Bertz CT molecular complexity index is 381. The highest BCUT2D eigenvalue weighted by Crippen LogP contribution is 2.29. The Balaban J connectivity index is 1.95. The number of rotatable bonds is 7. The Labute approximate surface area is 116 Å². The van der Waals surface area contributed by atoms with Crippen LogP contribution in [0.4, 0.5) is 0 Å². The van der Waals surface area contributed by atoms with Crippen LogP contribution in [0.15, 0.2) is 24.3 Å². The summed E-state index contributed by atoms with van der Waals surface area (Å²) in [5.41, 5.74) is 1.34. The second-order valence-electron chi connectivity index (χ2n) is 5.18. The fraction of sp³-hybridized carbons (Fsp3) is 0.625. The van der Waals surface area contributed by atoms with Crippen molar-refractivity contribution in [2.75, 3.05) is 26.9 Å². The van der Waals surface area contributed by atoms with E-state index in [0.29, 0.717) is 12.0 Å². The third kappa shape index (κ3) is 3.95. The molecule has 2 atom stereocenters. The van der Waals surface area contributed by atoms with Gasteiger partial charge in [0, 0.05) is 25.7 Å². The van der Waals surface area contributed by atoms with Gasteiger partial charge < -0.3 is 14.8 Å². The van der Waals surface area contributed by atoms with Gasteiger partial charge in [0.15, 0.2) is 0 Å². The molecule has 0 aliphatic carbocycles. The van der Waals surface area contributed by atoms with Gasteiger partial charge >= 0.3 is 0 Å². The molecule has 0 spiro atoms. The van der Waals surface area contributed by atoms with Gasteiger partial charge in [0.2, 0.25) is 0 Å². The molecule has 0 saturated carbocycles. The zero-order valence-corrected chi connectivity index (χ0v) is 12.0. The van der Waals surface area contributed by atoms with Crippen LogP contribution in [0, 0.1) is 5.92 Å². The molecule has 1 aliphatic heterocycles. The van der Waals surface area contributed by atoms with Crippen LogP contribution in [-0.4, -0.2) is 32.9 Å². The van der Waals surface area contributed by atoms with E-state index in [1.165, 1.54) is 5.56 Å². The summed E-state index contributed by atoms with van der Waals surface area (Å²) < 4.78 is 11.1. The summed E-state index contributed by atoms with van der Waals surface area (Å²) in [6.45, 7) is 4.84. The first-order chi connectivity index (χ1) is 9.35. The second-order valence-corrected chi connectivity index (χ2v) is 5.18. The average Bonchev–Trinajstić information content (AvgIpc) is 2.46. The molecule has 106 valence electrons. The number of methoxy groups -OCH3 is 1. The summed E-state index contributed by atoms with van der Waals surface area (Å²) in [5.74, 6) is 1.62. The minimum Gasteiger partial charge on any atom is -0.493 e. The standard InChI is InChI=1S/C16H25NO2/c1-3-17-15(8-6-10-18-2)14-11-13-7-4-5-9-16(13)19-12-14/h4-5,7,9,14-15,17H,3,6,8,10-12H2,1-2H3. The molecule has 1 heterocycles. The summed E-state index contributed by atoms with van der Waals surface area (Å²) in [6.07, 6.45) is 3.37. The van der Waals surface area contributed by atoms with E-state index in [9.17, 15) is 0 Å². The first kappa shape index (κ1) is 14.4. The summed E-state index contributed by atoms with van der Waals surface area (Å²) >= 11 is 0. The highest BCUT2D eigenvalue weighted by Gasteiger charge is 2.26. The van der Waals surface area contributed by atoms with Crippen LogP contribution in [0.1, 0.15) is 25.3 Å². The Morgan fingerprint density at radius 3 is 3.05 bits per heavy atom. The van der Waals surface area contributed by atoms with E-state index < -0.39 is 0 Å². The van der Waals surface area contributed by atoms with E-state index in [-0.39, 0.29) is 0 Å². The topological polar surface area (TPSA) is 30.5 Å². The molecule has 2 unspecified atom stereocenters. The van der Waals surface area contributed by atoms with E-state index in [1.54, 1.807) is 7.11 Å². The van der Waals surface area contributed by atoms with Crippen LogP contribution < -0.4 is 10.1 Å². The number of benzene rings is 1. The quantitative estimate of drug-likeness (QED) is 0.767. The van der Waals surface area contributed by atoms with Gasteiger partial charge in [-0.05, 0) is 37.4 Å². The number of para-hydroxylation sites is 1. The molecule has 1 aliphatic rings. The Hall–Kier alpha value is -1.06. The van der Waals surface area contributed by atoms with Gasteiger partial charge in [-0.15, -0.1) is 0 Å². The minimum atomic E-state index is 0.522. The van der Waals surface area contributed by atoms with Crippen LogP contribution in [-0.2, 0) is 11.2 Å². The number of nitrogens with one attached hydrogen (secondary N) is 1. The van der Waals surface area contributed by atoms with Crippen molar-refractivity contribution >= 4 is 0 Å². The molecule has 0 radical (unpaired) electrons. The smallest absolute Gasteiger partial charge is 0.122 e. The van der Waals surface area contributed by atoms with Gasteiger partial charge in [-0.3, -0.25) is 0 Å². The lowest BCUT2D eigenvalue weighted by Crippen LogP contribution is -2.41. The molecule has 1 aromatic rings. The van der Waals surface area contributed by atoms with Gasteiger partial charge in [0.25, 0.3) is 0 Å². The van der Waals surface area contributed by atoms with Crippen molar-refractivity contribution in [2.45, 2.75) is 32.2 Å². The Kier molecular flexibility index (Phi) is 5.67. The van der Waals surface area contributed by atoms with Crippen LogP contribution >= 0.6 is 0 Å². The molecule has 2 rings (SSSR count). The van der Waals surface area contributed by atoms with Crippen LogP contribution in [0.2, 0.25) is 0 Å². The second kappa shape index (κ2) is 7.51. The summed E-state index contributed by atoms with van der Waals surface area (Å²) in [7, 11) is 1.77. The first-order valence-corrected chi connectivity index (χ1v) is 7.28. The molecule has 0 fully saturated rings. The zero-order chi connectivity index (χ0) is 13.5. The fourth-order valence-corrected chi connectivity index (χ4v) is 2.82. The normalized spacial score (nSPS) is 19.6. The van der Waals surface area contributed by atoms with Crippen molar-refractivity contribution in [3.8, 4) is 5.75 Å². The highest BCUT2D eigenvalue weighted by atomic mass is 16.5. The van der Waals surface area contributed by atoms with Gasteiger partial charge in [-0.2, -0.15) is 0 Å². The zero-order valence-electron chi connectivity index (χ0n) is 12.0. The van der Waals surface area contributed by atoms with Gasteiger partial charge in [0.1, 0.15) is 5.75 Å². The predicted octanol–water partition coefficient (Wildman–Crippen LogP) is 2.64. The maximum Gasteiger partial charge on any atom is 0.122 e. The largest absolute Gasteiger partial charge is 0.493 e. The molecule has 3 nitrogen and oxygen atoms in total. The van der Waals surface area contributed by atoms with Crippen LogP contribution in [0.5, 0.6) is 5.75 Å². The number of hydrogen-bond acceptors (Lipinski definition) is 3. The third-order valence-electron chi connectivity index (χ3n) is 3.81. The molecular formula is C16H25NO2. The van der Waals surface area contributed by atoms with Crippen molar-refractivity contribution in [3.05, 3.63) is 29.8 Å². The van der Waals surface area contributed by atoms with Crippen LogP contribution in [0.3, 0.4) is 0 Å². The van der Waals surface area contributed by atoms with Crippen molar-refractivity contribution < 1.29 is 9.47 Å². The van der Waals surface area contributed by atoms with Crippen molar-refractivity contribution in [1.82, 2.24) is 5.32 Å². The number of hydrogen-bond donors (Lipinski definition) is 1. The van der Waals surface area contributed by atoms with Crippen molar-refractivity contribution in [3.63, 3.8) is 0 Å². The summed E-state index contributed by atoms with van der Waals surface area (Å²) in [6, 6.07) is 8.91. The Morgan fingerprint density at radius 1 is 1.42 bits per heavy atom. The predicted molar refractivity (Wildman–Crippen MR) is 77.7 cm³/mol. The molecule has 0 amide bonds. The van der Waals surface area contributed by atoms with Gasteiger partial charge in [-0.1, -0.05) is 25.1 Å². The number of fused-ring (bicyclic) bond motifs is 1. The maximum atomic E-state index is 5.90. The average molecular weight is 263 g/mol. The third-order valence-corrected chi connectivity index (χ3v) is 3.81. The lowest BCUT2D eigenvalue weighted by atomic mass is 9.88. The molecule has 19 heavy (non-hydrogen) atoms. The maximum absolute atomic E-state index is 5.90. The molecule has 3 heteroatoms. The summed E-state index contributed by atoms with van der Waals surface area (Å²) in [4.78, 5) is 0. The molecular weight excluding hydrogens is 238 g/mol. The molecule has 0 aromatic heterocycles. The van der Waals surface area contributed by atoms with E-state index in [2.05, 4.69) is 30.4 Å². The summed E-state index contributed by atoms with van der Waals surface area (Å²) in [5, 5.41) is 3.61. The molecule has 0 saturated heterocycles. The monoisotopic (exact) mass is 263 g/mol. The van der Waals surface area contributed by atoms with Gasteiger partial charge in [0.05, 0.1) is 6.61 Å². The first-order valence-electron chi connectivity index (χ1n) is 7.28. The van der Waals surface area contributed by atoms with Crippen molar-refractivity contribution in [1.29, 1.82) is 0 Å². The van der Waals surface area contributed by atoms with Crippen molar-refractivity contribution in [2.24, 2.45) is 5.92 Å². The molecule has 1 N–H and O–H groups in total.